The third kappa shape index (κ3) is 6.66. The van der Waals surface area contributed by atoms with Gasteiger partial charge in [0, 0.05) is 49.9 Å². The molecular formula is C29H31Cl2N5O4. The van der Waals surface area contributed by atoms with Crippen LogP contribution >= 0.6 is 23.2 Å². The number of aromatic nitrogens is 2. The zero-order chi connectivity index (χ0) is 28.1. The molecule has 1 aromatic heterocycles. The van der Waals surface area contributed by atoms with E-state index in [9.17, 15) is 9.59 Å². The van der Waals surface area contributed by atoms with Crippen LogP contribution in [0.25, 0.3) is 11.3 Å². The topological polar surface area (TPSA) is 88.1 Å². The molecule has 5 rings (SSSR count). The molecule has 2 fully saturated rings. The van der Waals surface area contributed by atoms with E-state index in [2.05, 4.69) is 15.1 Å². The SMILES string of the molecule is COc1ccc(-c2ccc(N3CCN(C(=O)CN(CC4CCCO4)C(=O)c4ccc(Cl)cc4Cl)CC3)nn2)cc1. The van der Waals surface area contributed by atoms with Gasteiger partial charge in [-0.3, -0.25) is 9.59 Å². The molecule has 0 aliphatic carbocycles. The molecule has 1 unspecified atom stereocenters. The van der Waals surface area contributed by atoms with Crippen LogP contribution in [0, 0.1) is 0 Å². The number of ether oxygens (including phenoxy) is 2. The molecule has 0 spiro atoms. The molecule has 0 N–H and O–H groups in total. The molecule has 11 heteroatoms. The molecule has 2 aromatic carbocycles. The van der Waals surface area contributed by atoms with Crippen LogP contribution in [-0.2, 0) is 9.53 Å². The number of hydrogen-bond acceptors (Lipinski definition) is 7. The lowest BCUT2D eigenvalue weighted by atomic mass is 10.1. The molecule has 2 aliphatic heterocycles. The summed E-state index contributed by atoms with van der Waals surface area (Å²) in [5, 5.41) is 9.52. The first kappa shape index (κ1) is 28.1. The van der Waals surface area contributed by atoms with E-state index >= 15 is 0 Å². The predicted molar refractivity (Wildman–Crippen MR) is 154 cm³/mol. The summed E-state index contributed by atoms with van der Waals surface area (Å²) >= 11 is 12.3. The van der Waals surface area contributed by atoms with Crippen LogP contribution in [0.3, 0.4) is 0 Å². The van der Waals surface area contributed by atoms with Crippen molar-refractivity contribution in [1.82, 2.24) is 20.0 Å². The second-order valence-corrected chi connectivity index (χ2v) is 10.7. The van der Waals surface area contributed by atoms with Gasteiger partial charge >= 0.3 is 0 Å². The minimum absolute atomic E-state index is 0.0476. The van der Waals surface area contributed by atoms with E-state index in [0.29, 0.717) is 49.9 Å². The second kappa shape index (κ2) is 12.8. The molecule has 3 heterocycles. The Balaban J connectivity index is 1.20. The van der Waals surface area contributed by atoms with Crippen molar-refractivity contribution in [2.45, 2.75) is 18.9 Å². The van der Waals surface area contributed by atoms with E-state index in [1.807, 2.05) is 36.4 Å². The maximum absolute atomic E-state index is 13.4. The van der Waals surface area contributed by atoms with E-state index in [0.717, 1.165) is 35.7 Å². The van der Waals surface area contributed by atoms with E-state index in [4.69, 9.17) is 32.7 Å². The maximum Gasteiger partial charge on any atom is 0.255 e. The van der Waals surface area contributed by atoms with E-state index in [1.165, 1.54) is 6.07 Å². The molecule has 0 saturated carbocycles. The second-order valence-electron chi connectivity index (χ2n) is 9.82. The van der Waals surface area contributed by atoms with Gasteiger partial charge in [0.1, 0.15) is 12.3 Å². The number of carbonyl (C=O) groups is 2. The number of rotatable bonds is 8. The average Bonchev–Trinajstić information content (AvgIpc) is 3.50. The fourth-order valence-corrected chi connectivity index (χ4v) is 5.43. The Bertz CT molecular complexity index is 1330. The fraction of sp³-hybridized carbons (Fsp3) is 0.379. The van der Waals surface area contributed by atoms with Gasteiger partial charge in [-0.05, 0) is 67.4 Å². The van der Waals surface area contributed by atoms with E-state index < -0.39 is 0 Å². The summed E-state index contributed by atoms with van der Waals surface area (Å²) in [6, 6.07) is 16.3. The van der Waals surface area contributed by atoms with Gasteiger partial charge in [-0.2, -0.15) is 0 Å². The number of hydrogen-bond donors (Lipinski definition) is 0. The van der Waals surface area contributed by atoms with Crippen LogP contribution in [0.15, 0.2) is 54.6 Å². The van der Waals surface area contributed by atoms with Gasteiger partial charge in [-0.25, -0.2) is 0 Å². The smallest absolute Gasteiger partial charge is 0.255 e. The summed E-state index contributed by atoms with van der Waals surface area (Å²) in [5.41, 5.74) is 2.05. The van der Waals surface area contributed by atoms with Gasteiger partial charge in [0.25, 0.3) is 5.91 Å². The number of methoxy groups -OCH3 is 1. The highest BCUT2D eigenvalue weighted by Crippen LogP contribution is 2.25. The maximum atomic E-state index is 13.4. The number of carbonyl (C=O) groups excluding carboxylic acids is 2. The van der Waals surface area contributed by atoms with Crippen LogP contribution in [0.2, 0.25) is 10.0 Å². The third-order valence-electron chi connectivity index (χ3n) is 7.22. The average molecular weight is 585 g/mol. The lowest BCUT2D eigenvalue weighted by Gasteiger charge is -2.36. The summed E-state index contributed by atoms with van der Waals surface area (Å²) in [4.78, 5) is 32.2. The van der Waals surface area contributed by atoms with Crippen molar-refractivity contribution in [3.05, 3.63) is 70.2 Å². The van der Waals surface area contributed by atoms with Crippen molar-refractivity contribution >= 4 is 40.8 Å². The van der Waals surface area contributed by atoms with Crippen molar-refractivity contribution in [2.75, 3.05) is 57.9 Å². The van der Waals surface area contributed by atoms with Gasteiger partial charge in [-0.1, -0.05) is 23.2 Å². The molecule has 210 valence electrons. The Morgan fingerprint density at radius 2 is 1.80 bits per heavy atom. The summed E-state index contributed by atoms with van der Waals surface area (Å²) < 4.78 is 11.0. The number of halogens is 2. The fourth-order valence-electron chi connectivity index (χ4n) is 4.94. The first-order valence-corrected chi connectivity index (χ1v) is 14.0. The predicted octanol–water partition coefficient (Wildman–Crippen LogP) is 4.43. The molecule has 9 nitrogen and oxygen atoms in total. The molecule has 2 saturated heterocycles. The van der Waals surface area contributed by atoms with Crippen molar-refractivity contribution < 1.29 is 19.1 Å². The number of nitrogens with zero attached hydrogens (tertiary/aromatic N) is 5. The van der Waals surface area contributed by atoms with Gasteiger partial charge in [0.15, 0.2) is 5.82 Å². The summed E-state index contributed by atoms with van der Waals surface area (Å²) in [7, 11) is 1.63. The Kier molecular flexibility index (Phi) is 9.04. The van der Waals surface area contributed by atoms with Crippen molar-refractivity contribution in [2.24, 2.45) is 0 Å². The van der Waals surface area contributed by atoms with Crippen molar-refractivity contribution in [3.63, 3.8) is 0 Å². The summed E-state index contributed by atoms with van der Waals surface area (Å²) in [5.74, 6) is 1.12. The van der Waals surface area contributed by atoms with E-state index in [1.54, 1.807) is 29.0 Å². The Morgan fingerprint density at radius 3 is 2.42 bits per heavy atom. The third-order valence-corrected chi connectivity index (χ3v) is 7.76. The zero-order valence-corrected chi connectivity index (χ0v) is 23.8. The normalized spacial score (nSPS) is 17.1. The van der Waals surface area contributed by atoms with Gasteiger partial charge in [-0.15, -0.1) is 10.2 Å². The minimum Gasteiger partial charge on any atom is -0.497 e. The number of piperazine rings is 1. The first-order chi connectivity index (χ1) is 19.4. The lowest BCUT2D eigenvalue weighted by molar-refractivity contribution is -0.132. The Labute approximate surface area is 243 Å². The van der Waals surface area contributed by atoms with Crippen LogP contribution < -0.4 is 9.64 Å². The molecule has 2 amide bonds. The van der Waals surface area contributed by atoms with Gasteiger partial charge in [0.2, 0.25) is 5.91 Å². The highest BCUT2D eigenvalue weighted by Gasteiger charge is 2.29. The first-order valence-electron chi connectivity index (χ1n) is 13.3. The van der Waals surface area contributed by atoms with Crippen molar-refractivity contribution in [3.8, 4) is 17.0 Å². The van der Waals surface area contributed by atoms with Crippen LogP contribution in [0.5, 0.6) is 5.75 Å². The Hall–Kier alpha value is -3.40. The zero-order valence-electron chi connectivity index (χ0n) is 22.3. The van der Waals surface area contributed by atoms with Crippen LogP contribution in [0.1, 0.15) is 23.2 Å². The highest BCUT2D eigenvalue weighted by molar-refractivity contribution is 6.36. The quantitative estimate of drug-likeness (QED) is 0.387. The van der Waals surface area contributed by atoms with Crippen molar-refractivity contribution in [1.29, 1.82) is 0 Å². The monoisotopic (exact) mass is 583 g/mol. The van der Waals surface area contributed by atoms with Crippen LogP contribution in [0.4, 0.5) is 5.82 Å². The molecule has 40 heavy (non-hydrogen) atoms. The van der Waals surface area contributed by atoms with Gasteiger partial charge < -0.3 is 24.2 Å². The largest absolute Gasteiger partial charge is 0.497 e. The molecule has 0 bridgehead atoms. The summed E-state index contributed by atoms with van der Waals surface area (Å²) in [6.45, 7) is 3.21. The number of amides is 2. The molecule has 2 aliphatic rings. The number of benzene rings is 2. The molecule has 1 atom stereocenters. The molecule has 0 radical (unpaired) electrons. The molecular weight excluding hydrogens is 553 g/mol. The minimum atomic E-state index is -0.309. The Morgan fingerprint density at radius 1 is 1.02 bits per heavy atom. The standard InChI is InChI=1S/C29H31Cl2N5O4/c1-39-22-7-4-20(5-8-22)26-10-11-27(33-32-26)34-12-14-35(15-13-34)28(37)19-36(18-23-3-2-16-40-23)29(38)24-9-6-21(30)17-25(24)31/h4-11,17,23H,2-3,12-16,18-19H2,1H3. The van der Waals surface area contributed by atoms with Gasteiger partial charge in [0.05, 0.1) is 29.5 Å². The van der Waals surface area contributed by atoms with E-state index in [-0.39, 0.29) is 29.5 Å². The lowest BCUT2D eigenvalue weighted by Crippen LogP contribution is -2.52. The summed E-state index contributed by atoms with van der Waals surface area (Å²) in [6.07, 6.45) is 1.69. The highest BCUT2D eigenvalue weighted by atomic mass is 35.5. The van der Waals surface area contributed by atoms with Crippen LogP contribution in [-0.4, -0.2) is 90.9 Å². The molecule has 3 aromatic rings. The number of anilines is 1.